The van der Waals surface area contributed by atoms with Crippen molar-refractivity contribution in [2.45, 2.75) is 45.1 Å². The van der Waals surface area contributed by atoms with Gasteiger partial charge < -0.3 is 10.1 Å². The predicted octanol–water partition coefficient (Wildman–Crippen LogP) is 1.88. The van der Waals surface area contributed by atoms with E-state index in [0.29, 0.717) is 19.7 Å². The van der Waals surface area contributed by atoms with E-state index in [4.69, 9.17) is 4.74 Å². The van der Waals surface area contributed by atoms with Gasteiger partial charge in [0.05, 0.1) is 11.7 Å². The Balaban J connectivity index is 1.68. The first-order chi connectivity index (χ1) is 11.7. The molecule has 1 amide bonds. The second-order valence-corrected chi connectivity index (χ2v) is 7.16. The number of aryl methyl sites for hydroxylation is 3. The van der Waals surface area contributed by atoms with Crippen molar-refractivity contribution in [3.63, 3.8) is 0 Å². The highest BCUT2D eigenvalue weighted by molar-refractivity contribution is 7.18. The van der Waals surface area contributed by atoms with Gasteiger partial charge in [-0.25, -0.2) is 4.98 Å². The molecule has 3 rings (SSSR count). The lowest BCUT2D eigenvalue weighted by molar-refractivity contribution is -0.121. The standard InChI is InChI=1S/C17H23N3O3S/c1-23-10-4-8-18-14(21)7-9-20-11-19-16-15(17(20)22)12-5-2-3-6-13(12)24-16/h11H,2-10H2,1H3,(H,18,21). The highest BCUT2D eigenvalue weighted by Gasteiger charge is 2.20. The van der Waals surface area contributed by atoms with E-state index in [1.807, 2.05) is 0 Å². The second kappa shape index (κ2) is 7.90. The van der Waals surface area contributed by atoms with Gasteiger partial charge in [0.15, 0.2) is 0 Å². The zero-order valence-corrected chi connectivity index (χ0v) is 14.8. The number of carbonyl (C=O) groups is 1. The molecular weight excluding hydrogens is 326 g/mol. The second-order valence-electron chi connectivity index (χ2n) is 6.08. The van der Waals surface area contributed by atoms with Gasteiger partial charge in [0.2, 0.25) is 5.91 Å². The number of rotatable bonds is 7. The number of amides is 1. The number of hydrogen-bond donors (Lipinski definition) is 1. The minimum Gasteiger partial charge on any atom is -0.385 e. The van der Waals surface area contributed by atoms with E-state index < -0.39 is 0 Å². The molecule has 0 aliphatic heterocycles. The molecule has 1 N–H and O–H groups in total. The minimum absolute atomic E-state index is 0.00779. The van der Waals surface area contributed by atoms with Gasteiger partial charge in [-0.1, -0.05) is 0 Å². The van der Waals surface area contributed by atoms with Crippen LogP contribution in [0.3, 0.4) is 0 Å². The van der Waals surface area contributed by atoms with Crippen LogP contribution in [0, 0.1) is 0 Å². The highest BCUT2D eigenvalue weighted by atomic mass is 32.1. The van der Waals surface area contributed by atoms with Crippen molar-refractivity contribution in [3.8, 4) is 0 Å². The van der Waals surface area contributed by atoms with E-state index in [1.54, 1.807) is 29.3 Å². The smallest absolute Gasteiger partial charge is 0.262 e. The summed E-state index contributed by atoms with van der Waals surface area (Å²) in [6.45, 7) is 1.59. The van der Waals surface area contributed by atoms with Crippen molar-refractivity contribution in [3.05, 3.63) is 27.1 Å². The molecule has 0 radical (unpaired) electrons. The summed E-state index contributed by atoms with van der Waals surface area (Å²) in [5.74, 6) is -0.0505. The van der Waals surface area contributed by atoms with Gasteiger partial charge in [-0.15, -0.1) is 11.3 Å². The molecule has 2 aromatic heterocycles. The van der Waals surface area contributed by atoms with Gasteiger partial charge in [0.1, 0.15) is 4.83 Å². The molecule has 1 aliphatic rings. The van der Waals surface area contributed by atoms with Gasteiger partial charge in [-0.05, 0) is 37.7 Å². The monoisotopic (exact) mass is 349 g/mol. The molecule has 130 valence electrons. The van der Waals surface area contributed by atoms with Crippen LogP contribution in [0.2, 0.25) is 0 Å². The maximum Gasteiger partial charge on any atom is 0.262 e. The summed E-state index contributed by atoms with van der Waals surface area (Å²) in [4.78, 5) is 31.2. The summed E-state index contributed by atoms with van der Waals surface area (Å²) in [6.07, 6.45) is 7.00. The first-order valence-electron chi connectivity index (χ1n) is 8.46. The van der Waals surface area contributed by atoms with E-state index in [-0.39, 0.29) is 17.9 Å². The van der Waals surface area contributed by atoms with Gasteiger partial charge >= 0.3 is 0 Å². The zero-order chi connectivity index (χ0) is 16.9. The number of fused-ring (bicyclic) bond motifs is 3. The molecule has 7 heteroatoms. The van der Waals surface area contributed by atoms with Crippen molar-refractivity contribution in [1.82, 2.24) is 14.9 Å². The SMILES string of the molecule is COCCCNC(=O)CCn1cnc2sc3c(c2c1=O)CCCC3. The van der Waals surface area contributed by atoms with Crippen LogP contribution >= 0.6 is 11.3 Å². The lowest BCUT2D eigenvalue weighted by Crippen LogP contribution is -2.28. The summed E-state index contributed by atoms with van der Waals surface area (Å²) < 4.78 is 6.51. The topological polar surface area (TPSA) is 73.2 Å². The number of aromatic nitrogens is 2. The third-order valence-corrected chi connectivity index (χ3v) is 5.57. The van der Waals surface area contributed by atoms with Crippen LogP contribution in [0.4, 0.5) is 0 Å². The van der Waals surface area contributed by atoms with Crippen molar-refractivity contribution < 1.29 is 9.53 Å². The lowest BCUT2D eigenvalue weighted by atomic mass is 9.97. The van der Waals surface area contributed by atoms with E-state index in [9.17, 15) is 9.59 Å². The van der Waals surface area contributed by atoms with Crippen LogP contribution < -0.4 is 10.9 Å². The normalized spacial score (nSPS) is 13.9. The molecule has 6 nitrogen and oxygen atoms in total. The maximum atomic E-state index is 12.8. The predicted molar refractivity (Wildman–Crippen MR) is 94.6 cm³/mol. The van der Waals surface area contributed by atoms with Gasteiger partial charge in [0.25, 0.3) is 5.56 Å². The first-order valence-corrected chi connectivity index (χ1v) is 9.27. The Kier molecular flexibility index (Phi) is 5.63. The van der Waals surface area contributed by atoms with Crippen LogP contribution in [-0.2, 0) is 28.9 Å². The van der Waals surface area contributed by atoms with Gasteiger partial charge in [-0.2, -0.15) is 0 Å². The number of thiophene rings is 1. The minimum atomic E-state index is -0.0505. The van der Waals surface area contributed by atoms with Crippen LogP contribution in [0.1, 0.15) is 36.1 Å². The van der Waals surface area contributed by atoms with Crippen molar-refractivity contribution in [2.75, 3.05) is 20.3 Å². The maximum absolute atomic E-state index is 12.8. The number of methoxy groups -OCH3 is 1. The third-order valence-electron chi connectivity index (χ3n) is 4.37. The molecule has 0 bridgehead atoms. The molecule has 0 atom stereocenters. The van der Waals surface area contributed by atoms with E-state index in [0.717, 1.165) is 35.9 Å². The summed E-state index contributed by atoms with van der Waals surface area (Å²) in [5.41, 5.74) is 1.18. The average molecular weight is 349 g/mol. The molecule has 0 saturated heterocycles. The molecule has 2 aromatic rings. The molecule has 0 unspecified atom stereocenters. The van der Waals surface area contributed by atoms with Gasteiger partial charge in [0, 0.05) is 38.1 Å². The fourth-order valence-electron chi connectivity index (χ4n) is 3.10. The van der Waals surface area contributed by atoms with E-state index >= 15 is 0 Å². The fraction of sp³-hybridized carbons (Fsp3) is 0.588. The highest BCUT2D eigenvalue weighted by Crippen LogP contribution is 2.33. The molecule has 0 fully saturated rings. The van der Waals surface area contributed by atoms with Crippen LogP contribution in [0.5, 0.6) is 0 Å². The quantitative estimate of drug-likeness (QED) is 0.775. The Morgan fingerprint density at radius 1 is 1.42 bits per heavy atom. The van der Waals surface area contributed by atoms with Crippen LogP contribution in [-0.4, -0.2) is 35.7 Å². The molecule has 0 aromatic carbocycles. The Morgan fingerprint density at radius 3 is 3.08 bits per heavy atom. The lowest BCUT2D eigenvalue weighted by Gasteiger charge is -2.10. The molecular formula is C17H23N3O3S. The summed E-state index contributed by atoms with van der Waals surface area (Å²) in [5, 5.41) is 3.61. The van der Waals surface area contributed by atoms with Crippen molar-refractivity contribution in [1.29, 1.82) is 0 Å². The number of nitrogens with zero attached hydrogens (tertiary/aromatic N) is 2. The number of carbonyl (C=O) groups excluding carboxylic acids is 1. The first kappa shape index (κ1) is 17.1. The molecule has 0 saturated carbocycles. The van der Waals surface area contributed by atoms with Crippen LogP contribution in [0.15, 0.2) is 11.1 Å². The number of hydrogen-bond acceptors (Lipinski definition) is 5. The number of ether oxygens (including phenoxy) is 1. The summed E-state index contributed by atoms with van der Waals surface area (Å²) >= 11 is 1.65. The largest absolute Gasteiger partial charge is 0.385 e. The van der Waals surface area contributed by atoms with E-state index in [2.05, 4.69) is 10.3 Å². The Morgan fingerprint density at radius 2 is 2.25 bits per heavy atom. The Bertz CT molecular complexity index is 781. The molecule has 1 aliphatic carbocycles. The average Bonchev–Trinajstić information content (AvgIpc) is 2.97. The van der Waals surface area contributed by atoms with E-state index in [1.165, 1.54) is 16.9 Å². The molecule has 24 heavy (non-hydrogen) atoms. The van der Waals surface area contributed by atoms with Gasteiger partial charge in [-0.3, -0.25) is 14.2 Å². The van der Waals surface area contributed by atoms with Crippen molar-refractivity contribution >= 4 is 27.5 Å². The van der Waals surface area contributed by atoms with Crippen LogP contribution in [0.25, 0.3) is 10.2 Å². The zero-order valence-electron chi connectivity index (χ0n) is 14.0. The summed E-state index contributed by atoms with van der Waals surface area (Å²) in [6, 6.07) is 0. The molecule has 2 heterocycles. The summed E-state index contributed by atoms with van der Waals surface area (Å²) in [7, 11) is 1.64. The fourth-order valence-corrected chi connectivity index (χ4v) is 4.31. The molecule has 0 spiro atoms. The number of nitrogens with one attached hydrogen (secondary N) is 1. The third kappa shape index (κ3) is 3.67. The van der Waals surface area contributed by atoms with Crippen molar-refractivity contribution in [2.24, 2.45) is 0 Å². The Labute approximate surface area is 144 Å². The Hall–Kier alpha value is -1.73.